The smallest absolute Gasteiger partial charge is 0.312 e. The van der Waals surface area contributed by atoms with Crippen molar-refractivity contribution in [3.63, 3.8) is 0 Å². The van der Waals surface area contributed by atoms with Crippen molar-refractivity contribution in [1.29, 1.82) is 0 Å². The minimum absolute atomic E-state index is 0.0294. The van der Waals surface area contributed by atoms with Crippen LogP contribution in [-0.4, -0.2) is 33.4 Å². The number of hydrogen-bond donors (Lipinski definition) is 2. The molecule has 130 valence electrons. The lowest BCUT2D eigenvalue weighted by Gasteiger charge is -2.45. The number of aliphatic carboxylic acids is 1. The summed E-state index contributed by atoms with van der Waals surface area (Å²) in [5, 5.41) is 21.1. The van der Waals surface area contributed by atoms with Gasteiger partial charge in [0, 0.05) is 11.8 Å². The van der Waals surface area contributed by atoms with E-state index in [9.17, 15) is 19.8 Å². The van der Waals surface area contributed by atoms with Crippen LogP contribution < -0.4 is 0 Å². The lowest BCUT2D eigenvalue weighted by atomic mass is 9.60. The summed E-state index contributed by atoms with van der Waals surface area (Å²) in [4.78, 5) is 25.1. The largest absolute Gasteiger partial charge is 0.481 e. The molecule has 1 heterocycles. The van der Waals surface area contributed by atoms with E-state index in [4.69, 9.17) is 4.74 Å². The third-order valence-corrected chi connectivity index (χ3v) is 8.40. The van der Waals surface area contributed by atoms with Crippen molar-refractivity contribution in [3.05, 3.63) is 12.2 Å². The molecule has 0 aromatic rings. The summed E-state index contributed by atoms with van der Waals surface area (Å²) < 4.78 is 6.05. The monoisotopic (exact) mass is 332 g/mol. The second-order valence-electron chi connectivity index (χ2n) is 9.22. The third-order valence-electron chi connectivity index (χ3n) is 8.40. The van der Waals surface area contributed by atoms with Gasteiger partial charge in [0.05, 0.1) is 16.9 Å². The quantitative estimate of drug-likeness (QED) is 0.568. The molecule has 5 rings (SSSR count). The Morgan fingerprint density at radius 3 is 2.79 bits per heavy atom. The maximum Gasteiger partial charge on any atom is 0.312 e. The molecule has 0 amide bonds. The number of hydrogen-bond acceptors (Lipinski definition) is 4. The molecule has 1 saturated heterocycles. The Bertz CT molecular complexity index is 700. The number of fused-ring (bicyclic) bond motifs is 1. The highest BCUT2D eigenvalue weighted by atomic mass is 16.6. The van der Waals surface area contributed by atoms with Crippen LogP contribution in [0.2, 0.25) is 0 Å². The number of aliphatic hydroxyl groups is 1. The van der Waals surface area contributed by atoms with Crippen LogP contribution in [-0.2, 0) is 14.3 Å². The predicted molar refractivity (Wildman–Crippen MR) is 83.9 cm³/mol. The van der Waals surface area contributed by atoms with Gasteiger partial charge in [-0.1, -0.05) is 6.58 Å². The SMILES string of the molecule is C=C1C[C@]23CC1(O)CC[C@H]2[C@@]12CCC[C@@](C)(C(=O)O1)[C@H]2[C@@H]3C(=O)O. The summed E-state index contributed by atoms with van der Waals surface area (Å²) in [6, 6.07) is 0. The highest BCUT2D eigenvalue weighted by Gasteiger charge is 2.82. The van der Waals surface area contributed by atoms with Crippen molar-refractivity contribution in [2.45, 2.75) is 63.1 Å². The van der Waals surface area contributed by atoms with Crippen LogP contribution in [0.5, 0.6) is 0 Å². The zero-order valence-electron chi connectivity index (χ0n) is 14.0. The van der Waals surface area contributed by atoms with Gasteiger partial charge in [-0.05, 0) is 62.9 Å². The molecule has 2 N–H and O–H groups in total. The predicted octanol–water partition coefficient (Wildman–Crippen LogP) is 2.28. The molecule has 5 fully saturated rings. The maximum absolute atomic E-state index is 12.7. The van der Waals surface area contributed by atoms with Gasteiger partial charge in [0.2, 0.25) is 0 Å². The number of carboxylic acids is 1. The zero-order valence-corrected chi connectivity index (χ0v) is 14.0. The Balaban J connectivity index is 1.75. The summed E-state index contributed by atoms with van der Waals surface area (Å²) in [6.45, 7) is 5.98. The number of esters is 1. The van der Waals surface area contributed by atoms with Gasteiger partial charge < -0.3 is 14.9 Å². The van der Waals surface area contributed by atoms with Crippen molar-refractivity contribution in [2.75, 3.05) is 0 Å². The van der Waals surface area contributed by atoms with Crippen LogP contribution >= 0.6 is 0 Å². The lowest BCUT2D eigenvalue weighted by molar-refractivity contribution is -0.162. The van der Waals surface area contributed by atoms with Gasteiger partial charge in [-0.3, -0.25) is 9.59 Å². The first-order valence-electron chi connectivity index (χ1n) is 9.07. The van der Waals surface area contributed by atoms with E-state index in [2.05, 4.69) is 6.58 Å². The van der Waals surface area contributed by atoms with Gasteiger partial charge >= 0.3 is 11.9 Å². The summed E-state index contributed by atoms with van der Waals surface area (Å²) in [6.07, 6.45) is 4.72. The minimum Gasteiger partial charge on any atom is -0.481 e. The van der Waals surface area contributed by atoms with Crippen LogP contribution in [0.25, 0.3) is 0 Å². The Morgan fingerprint density at radius 2 is 2.08 bits per heavy atom. The summed E-state index contributed by atoms with van der Waals surface area (Å²) in [7, 11) is 0. The molecule has 5 nitrogen and oxygen atoms in total. The Morgan fingerprint density at radius 1 is 1.33 bits per heavy atom. The van der Waals surface area contributed by atoms with Crippen molar-refractivity contribution in [3.8, 4) is 0 Å². The Kier molecular flexibility index (Phi) is 2.43. The van der Waals surface area contributed by atoms with Gasteiger partial charge in [0.25, 0.3) is 0 Å². The summed E-state index contributed by atoms with van der Waals surface area (Å²) >= 11 is 0. The first kappa shape index (κ1) is 14.9. The van der Waals surface area contributed by atoms with Crippen molar-refractivity contribution in [1.82, 2.24) is 0 Å². The summed E-state index contributed by atoms with van der Waals surface area (Å²) in [5.74, 6) is -1.92. The molecule has 4 aliphatic carbocycles. The maximum atomic E-state index is 12.7. The van der Waals surface area contributed by atoms with E-state index in [0.717, 1.165) is 24.8 Å². The molecule has 1 aliphatic heterocycles. The third kappa shape index (κ3) is 1.29. The fourth-order valence-electron chi connectivity index (χ4n) is 7.69. The molecular formula is C19H24O5. The van der Waals surface area contributed by atoms with E-state index in [0.29, 0.717) is 25.7 Å². The summed E-state index contributed by atoms with van der Waals surface area (Å²) in [5.41, 5.74) is -2.00. The standard InChI is InChI=1S/C19H24O5/c1-10-8-17-9-18(10,23)7-4-11(17)19-6-3-5-16(2,15(22)24-19)13(19)12(17)14(20)21/h11-13,23H,1,3-9H2,2H3,(H,20,21)/t11-,12-,13-,16-,17+,18?,19-/m1/s1. The Labute approximate surface area is 141 Å². The van der Waals surface area contributed by atoms with E-state index in [1.807, 2.05) is 6.92 Å². The molecule has 5 aliphatic rings. The molecule has 0 radical (unpaired) electrons. The van der Waals surface area contributed by atoms with Gasteiger partial charge in [-0.25, -0.2) is 0 Å². The van der Waals surface area contributed by atoms with Crippen molar-refractivity contribution >= 4 is 11.9 Å². The Hall–Kier alpha value is -1.36. The van der Waals surface area contributed by atoms with Crippen molar-refractivity contribution in [2.24, 2.45) is 28.6 Å². The number of ether oxygens (including phenoxy) is 1. The topological polar surface area (TPSA) is 83.8 Å². The molecule has 1 spiro atoms. The molecule has 5 heteroatoms. The minimum atomic E-state index is -0.932. The number of carboxylic acid groups (broad SMARTS) is 1. The molecule has 1 unspecified atom stereocenters. The van der Waals surface area contributed by atoms with Crippen LogP contribution in [0.15, 0.2) is 12.2 Å². The number of rotatable bonds is 1. The van der Waals surface area contributed by atoms with E-state index in [-0.39, 0.29) is 17.8 Å². The van der Waals surface area contributed by atoms with Gasteiger partial charge in [0.15, 0.2) is 0 Å². The fraction of sp³-hybridized carbons (Fsp3) is 0.789. The van der Waals surface area contributed by atoms with Crippen LogP contribution in [0.4, 0.5) is 0 Å². The van der Waals surface area contributed by atoms with Gasteiger partial charge in [0.1, 0.15) is 5.60 Å². The highest BCUT2D eigenvalue weighted by molar-refractivity contribution is 5.84. The van der Waals surface area contributed by atoms with E-state index in [1.165, 1.54) is 0 Å². The second-order valence-corrected chi connectivity index (χ2v) is 9.22. The molecule has 7 atom stereocenters. The molecule has 0 aromatic carbocycles. The normalized spacial score (nSPS) is 57.5. The zero-order chi connectivity index (χ0) is 17.1. The van der Waals surface area contributed by atoms with Crippen LogP contribution in [0, 0.1) is 28.6 Å². The van der Waals surface area contributed by atoms with Crippen LogP contribution in [0.1, 0.15) is 51.9 Å². The number of carbonyl (C=O) groups is 2. The number of carbonyl (C=O) groups excluding carboxylic acids is 1. The van der Waals surface area contributed by atoms with Crippen molar-refractivity contribution < 1.29 is 24.5 Å². The van der Waals surface area contributed by atoms with E-state index in [1.54, 1.807) is 0 Å². The molecule has 4 saturated carbocycles. The molecule has 4 bridgehead atoms. The molecular weight excluding hydrogens is 308 g/mol. The molecule has 0 aromatic heterocycles. The average molecular weight is 332 g/mol. The van der Waals surface area contributed by atoms with Gasteiger partial charge in [-0.15, -0.1) is 0 Å². The fourth-order valence-corrected chi connectivity index (χ4v) is 7.69. The average Bonchev–Trinajstić information content (AvgIpc) is 2.88. The highest BCUT2D eigenvalue weighted by Crippen LogP contribution is 2.78. The second kappa shape index (κ2) is 3.90. The van der Waals surface area contributed by atoms with E-state index < -0.39 is 33.9 Å². The molecule has 24 heavy (non-hydrogen) atoms. The first-order chi connectivity index (χ1) is 11.2. The van der Waals surface area contributed by atoms with E-state index >= 15 is 0 Å². The van der Waals surface area contributed by atoms with Gasteiger partial charge in [-0.2, -0.15) is 0 Å². The van der Waals surface area contributed by atoms with Crippen LogP contribution in [0.3, 0.4) is 0 Å². The lowest BCUT2D eigenvalue weighted by Crippen LogP contribution is -2.48. The first-order valence-corrected chi connectivity index (χ1v) is 9.07.